The van der Waals surface area contributed by atoms with Crippen molar-refractivity contribution in [2.24, 2.45) is 5.73 Å². The number of benzene rings is 1. The summed E-state index contributed by atoms with van der Waals surface area (Å²) in [7, 11) is 1.63. The Hall–Kier alpha value is -0.570. The van der Waals surface area contributed by atoms with Gasteiger partial charge in [0, 0.05) is 12.1 Å². The van der Waals surface area contributed by atoms with Crippen LogP contribution in [0.2, 0.25) is 5.02 Å². The van der Waals surface area contributed by atoms with Crippen molar-refractivity contribution in [1.29, 1.82) is 0 Å². The highest BCUT2D eigenvalue weighted by atomic mass is 35.5. The van der Waals surface area contributed by atoms with E-state index < -0.39 is 0 Å². The Balaban J connectivity index is 2.93. The van der Waals surface area contributed by atoms with Crippen LogP contribution in [0, 0.1) is 6.92 Å². The molecule has 0 spiro atoms. The second-order valence-corrected chi connectivity index (χ2v) is 3.42. The van der Waals surface area contributed by atoms with Crippen molar-refractivity contribution in [2.45, 2.75) is 13.0 Å². The standard InChI is InChI=1S/C10H14ClNO/c1-7-4-3-5-8(10(7)11)9(12)6-13-2/h3-5,9H,6,12H2,1-2H3. The molecule has 2 N–H and O–H groups in total. The van der Waals surface area contributed by atoms with E-state index in [0.29, 0.717) is 6.61 Å². The lowest BCUT2D eigenvalue weighted by Crippen LogP contribution is -2.16. The van der Waals surface area contributed by atoms with E-state index in [1.165, 1.54) is 0 Å². The van der Waals surface area contributed by atoms with Crippen molar-refractivity contribution in [3.8, 4) is 0 Å². The molecule has 0 fully saturated rings. The molecule has 2 nitrogen and oxygen atoms in total. The third kappa shape index (κ3) is 2.44. The van der Waals surface area contributed by atoms with Crippen LogP contribution in [0.25, 0.3) is 0 Å². The molecule has 0 amide bonds. The fourth-order valence-corrected chi connectivity index (χ4v) is 1.49. The number of ether oxygens (including phenoxy) is 1. The summed E-state index contributed by atoms with van der Waals surface area (Å²) in [4.78, 5) is 0. The molecule has 0 aliphatic heterocycles. The summed E-state index contributed by atoms with van der Waals surface area (Å²) in [6.07, 6.45) is 0. The summed E-state index contributed by atoms with van der Waals surface area (Å²) < 4.78 is 4.97. The summed E-state index contributed by atoms with van der Waals surface area (Å²) in [5.74, 6) is 0. The molecule has 72 valence electrons. The molecule has 1 aromatic carbocycles. The number of rotatable bonds is 3. The maximum atomic E-state index is 6.09. The Bertz CT molecular complexity index is 288. The highest BCUT2D eigenvalue weighted by molar-refractivity contribution is 6.32. The Kier molecular flexibility index (Phi) is 3.72. The number of nitrogens with two attached hydrogens (primary N) is 1. The van der Waals surface area contributed by atoms with E-state index in [2.05, 4.69) is 0 Å². The number of methoxy groups -OCH3 is 1. The molecule has 0 heterocycles. The topological polar surface area (TPSA) is 35.2 Å². The predicted molar refractivity (Wildman–Crippen MR) is 55.0 cm³/mol. The normalized spacial score (nSPS) is 12.9. The van der Waals surface area contributed by atoms with Gasteiger partial charge in [-0.25, -0.2) is 0 Å². The lowest BCUT2D eigenvalue weighted by atomic mass is 10.1. The predicted octanol–water partition coefficient (Wildman–Crippen LogP) is 2.29. The summed E-state index contributed by atoms with van der Waals surface area (Å²) >= 11 is 6.09. The van der Waals surface area contributed by atoms with Gasteiger partial charge in [-0.2, -0.15) is 0 Å². The molecule has 0 aromatic heterocycles. The third-order valence-electron chi connectivity index (χ3n) is 1.97. The van der Waals surface area contributed by atoms with Crippen molar-refractivity contribution in [1.82, 2.24) is 0 Å². The number of halogens is 1. The lowest BCUT2D eigenvalue weighted by Gasteiger charge is -2.13. The summed E-state index contributed by atoms with van der Waals surface area (Å²) in [6, 6.07) is 5.70. The Morgan fingerprint density at radius 1 is 1.54 bits per heavy atom. The molecule has 0 saturated heterocycles. The largest absolute Gasteiger partial charge is 0.383 e. The quantitative estimate of drug-likeness (QED) is 0.811. The average molecular weight is 200 g/mol. The first-order chi connectivity index (χ1) is 6.16. The van der Waals surface area contributed by atoms with E-state index in [1.54, 1.807) is 7.11 Å². The lowest BCUT2D eigenvalue weighted by molar-refractivity contribution is 0.181. The first-order valence-corrected chi connectivity index (χ1v) is 4.54. The van der Waals surface area contributed by atoms with Gasteiger partial charge in [0.15, 0.2) is 0 Å². The van der Waals surface area contributed by atoms with Crippen LogP contribution in [0.5, 0.6) is 0 Å². The second kappa shape index (κ2) is 4.61. The first-order valence-electron chi connectivity index (χ1n) is 4.16. The first kappa shape index (κ1) is 10.5. The molecular formula is C10H14ClNO. The molecule has 0 saturated carbocycles. The van der Waals surface area contributed by atoms with Gasteiger partial charge in [0.05, 0.1) is 12.6 Å². The zero-order valence-electron chi connectivity index (χ0n) is 7.88. The van der Waals surface area contributed by atoms with Crippen LogP contribution in [-0.2, 0) is 4.74 Å². The molecule has 0 bridgehead atoms. The Morgan fingerprint density at radius 3 is 2.85 bits per heavy atom. The number of aryl methyl sites for hydroxylation is 1. The fraction of sp³-hybridized carbons (Fsp3) is 0.400. The molecule has 1 unspecified atom stereocenters. The Morgan fingerprint density at radius 2 is 2.23 bits per heavy atom. The van der Waals surface area contributed by atoms with Gasteiger partial charge in [-0.3, -0.25) is 0 Å². The highest BCUT2D eigenvalue weighted by Crippen LogP contribution is 2.24. The second-order valence-electron chi connectivity index (χ2n) is 3.04. The number of hydrogen-bond donors (Lipinski definition) is 1. The summed E-state index contributed by atoms with van der Waals surface area (Å²) in [5.41, 5.74) is 7.86. The van der Waals surface area contributed by atoms with Crippen LogP contribution >= 0.6 is 11.6 Å². The third-order valence-corrected chi connectivity index (χ3v) is 2.48. The van der Waals surface area contributed by atoms with Gasteiger partial charge in [0.2, 0.25) is 0 Å². The van der Waals surface area contributed by atoms with E-state index in [4.69, 9.17) is 22.1 Å². The monoisotopic (exact) mass is 199 g/mol. The zero-order chi connectivity index (χ0) is 9.84. The molecule has 13 heavy (non-hydrogen) atoms. The van der Waals surface area contributed by atoms with Gasteiger partial charge < -0.3 is 10.5 Å². The maximum Gasteiger partial charge on any atom is 0.0656 e. The van der Waals surface area contributed by atoms with Crippen molar-refractivity contribution in [3.63, 3.8) is 0 Å². The molecule has 0 aliphatic rings. The molecule has 1 aromatic rings. The van der Waals surface area contributed by atoms with Crippen molar-refractivity contribution in [2.75, 3.05) is 13.7 Å². The van der Waals surface area contributed by atoms with Gasteiger partial charge >= 0.3 is 0 Å². The molecular weight excluding hydrogens is 186 g/mol. The van der Waals surface area contributed by atoms with Crippen LogP contribution < -0.4 is 5.73 Å². The van der Waals surface area contributed by atoms with Crippen LogP contribution in [0.1, 0.15) is 17.2 Å². The van der Waals surface area contributed by atoms with Crippen LogP contribution in [0.15, 0.2) is 18.2 Å². The van der Waals surface area contributed by atoms with E-state index in [9.17, 15) is 0 Å². The fourth-order valence-electron chi connectivity index (χ4n) is 1.23. The van der Waals surface area contributed by atoms with Crippen molar-refractivity contribution in [3.05, 3.63) is 34.3 Å². The van der Waals surface area contributed by atoms with E-state index in [1.807, 2.05) is 25.1 Å². The van der Waals surface area contributed by atoms with Crippen LogP contribution in [-0.4, -0.2) is 13.7 Å². The molecule has 1 atom stereocenters. The van der Waals surface area contributed by atoms with Crippen LogP contribution in [0.3, 0.4) is 0 Å². The van der Waals surface area contributed by atoms with E-state index in [0.717, 1.165) is 16.1 Å². The SMILES string of the molecule is COCC(N)c1cccc(C)c1Cl. The van der Waals surface area contributed by atoms with Gasteiger partial charge in [0.1, 0.15) is 0 Å². The maximum absolute atomic E-state index is 6.09. The Labute approximate surface area is 83.6 Å². The minimum Gasteiger partial charge on any atom is -0.383 e. The zero-order valence-corrected chi connectivity index (χ0v) is 8.64. The summed E-state index contributed by atoms with van der Waals surface area (Å²) in [6.45, 7) is 2.45. The van der Waals surface area contributed by atoms with E-state index >= 15 is 0 Å². The minimum absolute atomic E-state index is 0.141. The van der Waals surface area contributed by atoms with E-state index in [-0.39, 0.29) is 6.04 Å². The molecule has 1 rings (SSSR count). The smallest absolute Gasteiger partial charge is 0.0656 e. The summed E-state index contributed by atoms with van der Waals surface area (Å²) in [5, 5.41) is 0.743. The van der Waals surface area contributed by atoms with Crippen LogP contribution in [0.4, 0.5) is 0 Å². The number of hydrogen-bond acceptors (Lipinski definition) is 2. The van der Waals surface area contributed by atoms with Gasteiger partial charge in [-0.05, 0) is 18.1 Å². The van der Waals surface area contributed by atoms with Gasteiger partial charge in [-0.1, -0.05) is 29.8 Å². The highest BCUT2D eigenvalue weighted by Gasteiger charge is 2.10. The average Bonchev–Trinajstić information content (AvgIpc) is 2.10. The minimum atomic E-state index is -0.141. The molecule has 0 aliphatic carbocycles. The van der Waals surface area contributed by atoms with Gasteiger partial charge in [-0.15, -0.1) is 0 Å². The van der Waals surface area contributed by atoms with Gasteiger partial charge in [0.25, 0.3) is 0 Å². The van der Waals surface area contributed by atoms with Crippen molar-refractivity contribution < 1.29 is 4.74 Å². The molecule has 0 radical (unpaired) electrons. The van der Waals surface area contributed by atoms with Crippen molar-refractivity contribution >= 4 is 11.6 Å². The molecule has 3 heteroatoms.